The van der Waals surface area contributed by atoms with Gasteiger partial charge < -0.3 is 24.1 Å². The van der Waals surface area contributed by atoms with E-state index in [1.54, 1.807) is 18.2 Å². The van der Waals surface area contributed by atoms with E-state index in [1.165, 1.54) is 12.7 Å². The van der Waals surface area contributed by atoms with Gasteiger partial charge in [-0.3, -0.25) is 4.79 Å². The topological polar surface area (TPSA) is 99.9 Å². The maximum Gasteiger partial charge on any atom is 0.338 e. The van der Waals surface area contributed by atoms with Gasteiger partial charge in [0, 0.05) is 6.42 Å². The van der Waals surface area contributed by atoms with E-state index >= 15 is 0 Å². The molecule has 1 N–H and O–H groups in total. The second kappa shape index (κ2) is 11.9. The highest BCUT2D eigenvalue weighted by atomic mass is 16.5. The molecule has 0 unspecified atom stereocenters. The molecule has 0 saturated heterocycles. The number of carbonyl (C=O) groups excluding carboxylic acids is 2. The molecule has 8 nitrogen and oxygen atoms in total. The molecule has 1 amide bonds. The van der Waals surface area contributed by atoms with Crippen molar-refractivity contribution in [2.75, 3.05) is 20.3 Å². The molecule has 0 bridgehead atoms. The van der Waals surface area contributed by atoms with Gasteiger partial charge in [0.05, 0.1) is 30.5 Å². The van der Waals surface area contributed by atoms with Crippen LogP contribution in [0.4, 0.5) is 0 Å². The highest BCUT2D eigenvalue weighted by Gasteiger charge is 2.15. The Bertz CT molecular complexity index is 1100. The SMILES string of the molecule is COc1cc(C(=O)OCCNC(=O)CCc2ccc(C)cc2)ccc1OCc1c(C)noc1C. The highest BCUT2D eigenvalue weighted by molar-refractivity contribution is 5.90. The Balaban J connectivity index is 1.43. The summed E-state index contributed by atoms with van der Waals surface area (Å²) in [5.74, 6) is 0.993. The van der Waals surface area contributed by atoms with Gasteiger partial charge >= 0.3 is 5.97 Å². The minimum Gasteiger partial charge on any atom is -0.493 e. The number of hydrogen-bond acceptors (Lipinski definition) is 7. The fourth-order valence-corrected chi connectivity index (χ4v) is 3.29. The minimum absolute atomic E-state index is 0.0711. The van der Waals surface area contributed by atoms with Crippen molar-refractivity contribution in [3.63, 3.8) is 0 Å². The molecule has 1 aromatic heterocycles. The minimum atomic E-state index is -0.510. The quantitative estimate of drug-likeness (QED) is 0.336. The summed E-state index contributed by atoms with van der Waals surface area (Å²) in [4.78, 5) is 24.4. The monoisotopic (exact) mass is 466 g/mol. The van der Waals surface area contributed by atoms with E-state index in [1.807, 2.05) is 45.0 Å². The summed E-state index contributed by atoms with van der Waals surface area (Å²) in [5, 5.41) is 6.68. The molecule has 0 aliphatic heterocycles. The summed E-state index contributed by atoms with van der Waals surface area (Å²) >= 11 is 0. The van der Waals surface area contributed by atoms with Gasteiger partial charge in [-0.2, -0.15) is 0 Å². The number of methoxy groups -OCH3 is 1. The smallest absolute Gasteiger partial charge is 0.338 e. The molecule has 180 valence electrons. The number of nitrogens with zero attached hydrogens (tertiary/aromatic N) is 1. The molecule has 2 aromatic carbocycles. The Hall–Kier alpha value is -3.81. The molecule has 0 radical (unpaired) electrons. The standard InChI is InChI=1S/C26H30N2O6/c1-17-5-7-20(8-6-17)9-12-25(29)27-13-14-32-26(30)21-10-11-23(24(15-21)31-4)33-16-22-18(2)28-34-19(22)3/h5-8,10-11,15H,9,12-14,16H2,1-4H3,(H,27,29). The zero-order chi connectivity index (χ0) is 24.5. The first-order valence-corrected chi connectivity index (χ1v) is 11.1. The number of carbonyl (C=O) groups is 2. The number of benzene rings is 2. The van der Waals surface area contributed by atoms with Crippen LogP contribution in [0.3, 0.4) is 0 Å². The Morgan fingerprint density at radius 1 is 1.03 bits per heavy atom. The van der Waals surface area contributed by atoms with Crippen molar-refractivity contribution in [3.05, 3.63) is 76.2 Å². The van der Waals surface area contributed by atoms with Crippen LogP contribution in [-0.2, 0) is 22.6 Å². The first kappa shape index (κ1) is 24.8. The summed E-state index contributed by atoms with van der Waals surface area (Å²) in [5.41, 5.74) is 4.25. The zero-order valence-corrected chi connectivity index (χ0v) is 20.0. The number of amides is 1. The number of nitrogens with one attached hydrogen (secondary N) is 1. The highest BCUT2D eigenvalue weighted by Crippen LogP contribution is 2.29. The van der Waals surface area contributed by atoms with Gasteiger partial charge in [-0.05, 0) is 51.0 Å². The summed E-state index contributed by atoms with van der Waals surface area (Å²) in [6, 6.07) is 12.9. The molecule has 0 fully saturated rings. The average Bonchev–Trinajstić information content (AvgIpc) is 3.16. The molecule has 0 saturated carbocycles. The van der Waals surface area contributed by atoms with Crippen molar-refractivity contribution >= 4 is 11.9 Å². The van der Waals surface area contributed by atoms with Gasteiger partial charge in [0.2, 0.25) is 5.91 Å². The molecule has 0 aliphatic carbocycles. The van der Waals surface area contributed by atoms with Gasteiger partial charge in [-0.25, -0.2) is 4.79 Å². The third kappa shape index (κ3) is 6.84. The second-order valence-corrected chi connectivity index (χ2v) is 7.93. The fraction of sp³-hybridized carbons (Fsp3) is 0.346. The lowest BCUT2D eigenvalue weighted by Gasteiger charge is -2.12. The van der Waals surface area contributed by atoms with E-state index in [4.69, 9.17) is 18.7 Å². The normalized spacial score (nSPS) is 10.6. The summed E-state index contributed by atoms with van der Waals surface area (Å²) < 4.78 is 21.6. The Labute approximate surface area is 199 Å². The lowest BCUT2D eigenvalue weighted by Crippen LogP contribution is -2.28. The maximum absolute atomic E-state index is 12.4. The average molecular weight is 467 g/mol. The lowest BCUT2D eigenvalue weighted by atomic mass is 10.1. The largest absolute Gasteiger partial charge is 0.493 e. The number of ether oxygens (including phenoxy) is 3. The maximum atomic E-state index is 12.4. The molecule has 3 aromatic rings. The Morgan fingerprint density at radius 3 is 2.47 bits per heavy atom. The van der Waals surface area contributed by atoms with Gasteiger partial charge in [-0.15, -0.1) is 0 Å². The van der Waals surface area contributed by atoms with Crippen molar-refractivity contribution in [3.8, 4) is 11.5 Å². The van der Waals surface area contributed by atoms with Crippen LogP contribution in [0.15, 0.2) is 47.0 Å². The predicted molar refractivity (Wildman–Crippen MR) is 126 cm³/mol. The third-order valence-electron chi connectivity index (χ3n) is 5.37. The van der Waals surface area contributed by atoms with Gasteiger partial charge in [-0.1, -0.05) is 35.0 Å². The van der Waals surface area contributed by atoms with E-state index < -0.39 is 5.97 Å². The van der Waals surface area contributed by atoms with E-state index in [2.05, 4.69) is 10.5 Å². The summed E-state index contributed by atoms with van der Waals surface area (Å²) in [6.45, 7) is 6.28. The van der Waals surface area contributed by atoms with Gasteiger partial charge in [0.1, 0.15) is 19.0 Å². The predicted octanol–water partition coefficient (Wildman–Crippen LogP) is 4.09. The summed E-state index contributed by atoms with van der Waals surface area (Å²) in [7, 11) is 1.50. The van der Waals surface area contributed by atoms with Crippen LogP contribution in [0, 0.1) is 20.8 Å². The van der Waals surface area contributed by atoms with Crippen molar-refractivity contribution in [2.24, 2.45) is 0 Å². The molecular formula is C26H30N2O6. The first-order valence-electron chi connectivity index (χ1n) is 11.1. The Kier molecular flexibility index (Phi) is 8.67. The fourth-order valence-electron chi connectivity index (χ4n) is 3.29. The lowest BCUT2D eigenvalue weighted by molar-refractivity contribution is -0.121. The van der Waals surface area contributed by atoms with Crippen LogP contribution in [0.2, 0.25) is 0 Å². The van der Waals surface area contributed by atoms with Crippen molar-refractivity contribution in [1.82, 2.24) is 10.5 Å². The zero-order valence-electron chi connectivity index (χ0n) is 20.0. The number of esters is 1. The van der Waals surface area contributed by atoms with Crippen LogP contribution in [0.5, 0.6) is 11.5 Å². The van der Waals surface area contributed by atoms with Crippen molar-refractivity contribution < 1.29 is 28.3 Å². The van der Waals surface area contributed by atoms with Crippen LogP contribution in [0.25, 0.3) is 0 Å². The van der Waals surface area contributed by atoms with E-state index in [9.17, 15) is 9.59 Å². The molecule has 8 heteroatoms. The van der Waals surface area contributed by atoms with E-state index in [0.717, 1.165) is 16.8 Å². The molecule has 34 heavy (non-hydrogen) atoms. The summed E-state index contributed by atoms with van der Waals surface area (Å²) in [6.07, 6.45) is 1.04. The van der Waals surface area contributed by atoms with Crippen LogP contribution >= 0.6 is 0 Å². The number of aromatic nitrogens is 1. The molecule has 3 rings (SSSR count). The van der Waals surface area contributed by atoms with Crippen LogP contribution < -0.4 is 14.8 Å². The van der Waals surface area contributed by atoms with Gasteiger partial charge in [0.15, 0.2) is 11.5 Å². The molecule has 0 aliphatic rings. The molecule has 1 heterocycles. The molecular weight excluding hydrogens is 436 g/mol. The van der Waals surface area contributed by atoms with Crippen molar-refractivity contribution in [2.45, 2.75) is 40.2 Å². The van der Waals surface area contributed by atoms with E-state index in [-0.39, 0.29) is 25.7 Å². The third-order valence-corrected chi connectivity index (χ3v) is 5.37. The van der Waals surface area contributed by atoms with Gasteiger partial charge in [0.25, 0.3) is 0 Å². The molecule has 0 spiro atoms. The van der Waals surface area contributed by atoms with E-state index in [0.29, 0.717) is 35.7 Å². The number of hydrogen-bond donors (Lipinski definition) is 1. The van der Waals surface area contributed by atoms with Crippen LogP contribution in [0.1, 0.15) is 44.9 Å². The second-order valence-electron chi connectivity index (χ2n) is 7.93. The first-order chi connectivity index (χ1) is 16.4. The van der Waals surface area contributed by atoms with Crippen molar-refractivity contribution in [1.29, 1.82) is 0 Å². The number of rotatable bonds is 11. The molecule has 0 atom stereocenters. The Morgan fingerprint density at radius 2 is 1.79 bits per heavy atom. The van der Waals surface area contributed by atoms with Crippen LogP contribution in [-0.4, -0.2) is 37.3 Å². The number of aryl methyl sites for hydroxylation is 4.